The van der Waals surface area contributed by atoms with E-state index in [1.165, 1.54) is 10.9 Å². The number of rotatable bonds is 5. The van der Waals surface area contributed by atoms with Gasteiger partial charge in [0.25, 0.3) is 0 Å². The first-order valence-electron chi connectivity index (χ1n) is 14.9. The number of hydrogen-bond acceptors (Lipinski definition) is 9. The van der Waals surface area contributed by atoms with Crippen molar-refractivity contribution in [3.05, 3.63) is 42.6 Å². The molecule has 4 saturated heterocycles. The number of likely N-dealkylation sites (N-methyl/N-ethyl adjacent to an activating group) is 1. The number of piperidine rings is 1. The van der Waals surface area contributed by atoms with Crippen LogP contribution in [0.3, 0.4) is 0 Å². The second-order valence-corrected chi connectivity index (χ2v) is 12.0. The smallest absolute Gasteiger partial charge is 0.249 e. The maximum atomic E-state index is 13.7. The van der Waals surface area contributed by atoms with Gasteiger partial charge in [0.05, 0.1) is 30.9 Å². The normalized spacial score (nSPS) is 33.0. The number of morpholine rings is 1. The molecule has 5 aliphatic rings. The molecular formula is C29H41N9O3. The van der Waals surface area contributed by atoms with E-state index in [-0.39, 0.29) is 55.2 Å². The number of carbonyl (C=O) groups is 2. The van der Waals surface area contributed by atoms with Gasteiger partial charge in [-0.15, -0.1) is 0 Å². The molecule has 0 spiro atoms. The zero-order valence-corrected chi connectivity index (χ0v) is 23.8. The van der Waals surface area contributed by atoms with Gasteiger partial charge >= 0.3 is 0 Å². The highest BCUT2D eigenvalue weighted by atomic mass is 16.5. The summed E-state index contributed by atoms with van der Waals surface area (Å²) in [5, 5.41) is 19.8. The number of hydrogen-bond donors (Lipinski definition) is 4. The van der Waals surface area contributed by atoms with Crippen LogP contribution in [-0.4, -0.2) is 114 Å². The third kappa shape index (κ3) is 5.02. The molecule has 6 atom stereocenters. The second-order valence-electron chi connectivity index (χ2n) is 12.0. The van der Waals surface area contributed by atoms with Crippen LogP contribution in [0.5, 0.6) is 0 Å². The number of aromatic nitrogens is 1. The second kappa shape index (κ2) is 11.0. The van der Waals surface area contributed by atoms with Crippen molar-refractivity contribution in [2.45, 2.75) is 56.7 Å². The topological polar surface area (TPSA) is 109 Å². The van der Waals surface area contributed by atoms with E-state index in [4.69, 9.17) is 4.74 Å². The number of ether oxygens (including phenoxy) is 1. The van der Waals surface area contributed by atoms with Crippen molar-refractivity contribution < 1.29 is 14.3 Å². The molecule has 6 heterocycles. The molecule has 2 aromatic rings. The number of amides is 2. The molecule has 2 amide bonds. The molecule has 4 fully saturated rings. The van der Waals surface area contributed by atoms with Gasteiger partial charge in [-0.3, -0.25) is 30.5 Å². The van der Waals surface area contributed by atoms with E-state index in [9.17, 15) is 9.59 Å². The van der Waals surface area contributed by atoms with E-state index in [1.807, 2.05) is 9.91 Å². The average Bonchev–Trinajstić information content (AvgIpc) is 3.48. The molecule has 1 aromatic carbocycles. The third-order valence-electron chi connectivity index (χ3n) is 9.08. The fourth-order valence-corrected chi connectivity index (χ4v) is 6.97. The lowest BCUT2D eigenvalue weighted by Crippen LogP contribution is -2.72. The molecule has 7 rings (SSSR count). The van der Waals surface area contributed by atoms with Crippen LogP contribution in [0.2, 0.25) is 0 Å². The number of anilines is 1. The molecule has 220 valence electrons. The minimum absolute atomic E-state index is 0.0218. The summed E-state index contributed by atoms with van der Waals surface area (Å²) >= 11 is 0. The maximum Gasteiger partial charge on any atom is 0.249 e. The van der Waals surface area contributed by atoms with Gasteiger partial charge in [0.1, 0.15) is 19.1 Å². The molecule has 12 nitrogen and oxygen atoms in total. The van der Waals surface area contributed by atoms with E-state index in [1.54, 1.807) is 0 Å². The number of fused-ring (bicyclic) bond motifs is 6. The number of hydrazine groups is 1. The van der Waals surface area contributed by atoms with Gasteiger partial charge in [0.2, 0.25) is 11.8 Å². The Morgan fingerprint density at radius 2 is 2.00 bits per heavy atom. The molecule has 5 aliphatic heterocycles. The lowest BCUT2D eigenvalue weighted by Gasteiger charge is -2.50. The molecule has 2 bridgehead atoms. The van der Waals surface area contributed by atoms with Crippen molar-refractivity contribution in [2.24, 2.45) is 5.92 Å². The Balaban J connectivity index is 1.10. The summed E-state index contributed by atoms with van der Waals surface area (Å²) in [6.07, 6.45) is 8.00. The van der Waals surface area contributed by atoms with Crippen LogP contribution in [-0.2, 0) is 20.9 Å². The third-order valence-corrected chi connectivity index (χ3v) is 9.08. The van der Waals surface area contributed by atoms with Crippen LogP contribution >= 0.6 is 0 Å². The Morgan fingerprint density at radius 3 is 2.88 bits per heavy atom. The van der Waals surface area contributed by atoms with Crippen LogP contribution in [0.15, 0.2) is 42.6 Å². The fourth-order valence-electron chi connectivity index (χ4n) is 6.97. The standard InChI is InChI=1S/C29H41N9O3/c1-34(2)14-15-35-13-10-19-16-20(6-7-22(19)35)31-29-30-17-21-26(33-29)38-24-9-8-23-27(32-24)36(25(39)18-41-23)11-4-3-5-12-37(38)28(21)40/h3,5-7,10,13,16,21,23-24,26-27,29-33H,4,8-9,11-12,14-15,17-18H2,1-2H3/b5-3+. The quantitative estimate of drug-likeness (QED) is 0.383. The van der Waals surface area contributed by atoms with Gasteiger partial charge in [0.15, 0.2) is 0 Å². The summed E-state index contributed by atoms with van der Waals surface area (Å²) in [5.74, 6) is -0.0689. The highest BCUT2D eigenvalue weighted by molar-refractivity contribution is 5.84. The molecule has 1 aromatic heterocycles. The largest absolute Gasteiger partial charge is 0.365 e. The van der Waals surface area contributed by atoms with Crippen molar-refractivity contribution in [1.29, 1.82) is 0 Å². The van der Waals surface area contributed by atoms with Crippen LogP contribution in [0, 0.1) is 5.92 Å². The number of nitrogens with one attached hydrogen (secondary N) is 4. The Bertz CT molecular complexity index is 1330. The monoisotopic (exact) mass is 563 g/mol. The molecule has 41 heavy (non-hydrogen) atoms. The predicted octanol–water partition coefficient (Wildman–Crippen LogP) is 0.316. The number of carbonyl (C=O) groups excluding carboxylic acids is 2. The highest BCUT2D eigenvalue weighted by Crippen LogP contribution is 2.33. The Kier molecular flexibility index (Phi) is 7.21. The van der Waals surface area contributed by atoms with Crippen molar-refractivity contribution in [3.63, 3.8) is 0 Å². The van der Waals surface area contributed by atoms with E-state index in [0.717, 1.165) is 38.0 Å². The molecule has 6 unspecified atom stereocenters. The molecular weight excluding hydrogens is 522 g/mol. The lowest BCUT2D eigenvalue weighted by molar-refractivity contribution is -0.175. The fraction of sp³-hybridized carbons (Fsp3) is 0.586. The van der Waals surface area contributed by atoms with Gasteiger partial charge in [-0.1, -0.05) is 12.2 Å². The lowest BCUT2D eigenvalue weighted by atomic mass is 9.99. The summed E-state index contributed by atoms with van der Waals surface area (Å²) in [5.41, 5.74) is 2.23. The Labute approximate surface area is 240 Å². The van der Waals surface area contributed by atoms with E-state index in [0.29, 0.717) is 19.6 Å². The van der Waals surface area contributed by atoms with Crippen molar-refractivity contribution in [1.82, 2.24) is 40.3 Å². The minimum Gasteiger partial charge on any atom is -0.365 e. The summed E-state index contributed by atoms with van der Waals surface area (Å²) in [6, 6.07) is 8.63. The summed E-state index contributed by atoms with van der Waals surface area (Å²) < 4.78 is 8.20. The minimum atomic E-state index is -0.211. The van der Waals surface area contributed by atoms with Gasteiger partial charge in [-0.2, -0.15) is 5.01 Å². The molecule has 0 radical (unpaired) electrons. The first-order chi connectivity index (χ1) is 20.0. The predicted molar refractivity (Wildman–Crippen MR) is 155 cm³/mol. The van der Waals surface area contributed by atoms with Crippen molar-refractivity contribution >= 4 is 28.4 Å². The van der Waals surface area contributed by atoms with Gasteiger partial charge in [0, 0.05) is 49.0 Å². The average molecular weight is 564 g/mol. The molecule has 12 heteroatoms. The Hall–Kier alpha value is -3.00. The number of nitrogens with zero attached hydrogens (tertiary/aromatic N) is 5. The van der Waals surface area contributed by atoms with Crippen molar-refractivity contribution in [3.8, 4) is 0 Å². The summed E-state index contributed by atoms with van der Waals surface area (Å²) in [4.78, 5) is 30.5. The Morgan fingerprint density at radius 1 is 1.10 bits per heavy atom. The van der Waals surface area contributed by atoms with Gasteiger partial charge < -0.3 is 24.4 Å². The van der Waals surface area contributed by atoms with Gasteiger partial charge in [-0.25, -0.2) is 0 Å². The van der Waals surface area contributed by atoms with Crippen LogP contribution in [0.25, 0.3) is 10.9 Å². The zero-order valence-electron chi connectivity index (χ0n) is 23.8. The summed E-state index contributed by atoms with van der Waals surface area (Å²) in [6.45, 7) is 3.82. The first-order valence-corrected chi connectivity index (χ1v) is 14.9. The van der Waals surface area contributed by atoms with Crippen LogP contribution in [0.1, 0.15) is 19.3 Å². The van der Waals surface area contributed by atoms with Crippen LogP contribution < -0.4 is 21.3 Å². The number of benzene rings is 1. The van der Waals surface area contributed by atoms with Crippen LogP contribution in [0.4, 0.5) is 5.69 Å². The van der Waals surface area contributed by atoms with E-state index in [2.05, 4.69) is 92.5 Å². The molecule has 0 aliphatic carbocycles. The first kappa shape index (κ1) is 26.9. The van der Waals surface area contributed by atoms with Crippen molar-refractivity contribution in [2.75, 3.05) is 52.2 Å². The SMILES string of the molecule is CN(C)CCn1ccc2cc(NC3NCC4C(=O)N5C/C=C/CCN6C(=O)COC7CCC(NC76)N5C4N3)ccc21. The zero-order chi connectivity index (χ0) is 28.1. The highest BCUT2D eigenvalue weighted by Gasteiger charge is 2.53. The maximum absolute atomic E-state index is 13.7. The van der Waals surface area contributed by atoms with E-state index >= 15 is 0 Å². The van der Waals surface area contributed by atoms with E-state index < -0.39 is 0 Å². The molecule has 4 N–H and O–H groups in total. The molecule has 0 saturated carbocycles. The van der Waals surface area contributed by atoms with Gasteiger partial charge in [-0.05, 0) is 57.6 Å². The summed E-state index contributed by atoms with van der Waals surface area (Å²) in [7, 11) is 4.18.